The van der Waals surface area contributed by atoms with E-state index in [4.69, 9.17) is 0 Å². The molecule has 1 aromatic carbocycles. The molecule has 0 N–H and O–H groups in total. The zero-order valence-electron chi connectivity index (χ0n) is 9.52. The lowest BCUT2D eigenvalue weighted by atomic mass is 10.1. The van der Waals surface area contributed by atoms with Crippen LogP contribution < -0.4 is 0 Å². The average Bonchev–Trinajstić information content (AvgIpc) is 2.34. The monoisotopic (exact) mass is 254 g/mol. The lowest BCUT2D eigenvalue weighted by Crippen LogP contribution is -2.00. The van der Waals surface area contributed by atoms with Gasteiger partial charge in [0.25, 0.3) is 0 Å². The second-order valence-corrected chi connectivity index (χ2v) is 5.14. The van der Waals surface area contributed by atoms with Crippen LogP contribution in [0.1, 0.15) is 29.6 Å². The topological polar surface area (TPSA) is 34.1 Å². The van der Waals surface area contributed by atoms with Crippen LogP contribution in [0.25, 0.3) is 0 Å². The highest BCUT2D eigenvalue weighted by Crippen LogP contribution is 2.08. The van der Waals surface area contributed by atoms with Crippen molar-refractivity contribution in [2.75, 3.05) is 5.75 Å². The van der Waals surface area contributed by atoms with Crippen molar-refractivity contribution < 1.29 is 13.4 Å². The van der Waals surface area contributed by atoms with Crippen molar-refractivity contribution in [2.45, 2.75) is 19.3 Å². The third kappa shape index (κ3) is 5.04. The van der Waals surface area contributed by atoms with Crippen LogP contribution >= 0.6 is 0 Å². The van der Waals surface area contributed by atoms with E-state index in [2.05, 4.69) is 6.58 Å². The van der Waals surface area contributed by atoms with Gasteiger partial charge < -0.3 is 0 Å². The first kappa shape index (κ1) is 13.8. The van der Waals surface area contributed by atoms with E-state index >= 15 is 0 Å². The quantitative estimate of drug-likeness (QED) is 0.553. The maximum Gasteiger partial charge on any atom is 0.162 e. The van der Waals surface area contributed by atoms with Crippen molar-refractivity contribution in [3.63, 3.8) is 0 Å². The summed E-state index contributed by atoms with van der Waals surface area (Å²) in [5.41, 5.74) is 0.524. The molecule has 1 aromatic rings. The average molecular weight is 254 g/mol. The van der Waals surface area contributed by atoms with E-state index < -0.39 is 10.8 Å². The number of carbonyl (C=O) groups excluding carboxylic acids is 1. The number of Topliss-reactive ketones (excluding diaryl/α,β-unsaturated/α-hetero) is 1. The number of hydrogen-bond acceptors (Lipinski definition) is 2. The Labute approximate surface area is 103 Å². The minimum atomic E-state index is -0.986. The largest absolute Gasteiger partial charge is 0.294 e. The van der Waals surface area contributed by atoms with Gasteiger partial charge in [-0.15, -0.1) is 0 Å². The normalized spacial score (nSPS) is 12.1. The zero-order chi connectivity index (χ0) is 12.7. The predicted molar refractivity (Wildman–Crippen MR) is 67.8 cm³/mol. The molecule has 4 heteroatoms. The van der Waals surface area contributed by atoms with E-state index in [1.165, 1.54) is 29.7 Å². The molecule has 0 fully saturated rings. The van der Waals surface area contributed by atoms with Crippen molar-refractivity contribution in [2.24, 2.45) is 0 Å². The van der Waals surface area contributed by atoms with Crippen molar-refractivity contribution in [1.29, 1.82) is 0 Å². The van der Waals surface area contributed by atoms with Crippen molar-refractivity contribution in [1.82, 2.24) is 0 Å². The van der Waals surface area contributed by atoms with Crippen molar-refractivity contribution >= 4 is 16.6 Å². The zero-order valence-corrected chi connectivity index (χ0v) is 10.3. The Morgan fingerprint density at radius 2 is 1.94 bits per heavy atom. The molecule has 0 heterocycles. The summed E-state index contributed by atoms with van der Waals surface area (Å²) in [5.74, 6) is 0.192. The standard InChI is InChI=1S/C13H15FO2S/c1-2-17(16)10-4-3-5-13(15)11-6-8-12(14)9-7-11/h2,6-9H,1,3-5,10H2. The van der Waals surface area contributed by atoms with Gasteiger partial charge in [-0.2, -0.15) is 0 Å². The number of rotatable bonds is 7. The molecule has 0 spiro atoms. The number of benzene rings is 1. The fraction of sp³-hybridized carbons (Fsp3) is 0.308. The predicted octanol–water partition coefficient (Wildman–Crippen LogP) is 3.07. The SMILES string of the molecule is C=CS(=O)CCCCC(=O)c1ccc(F)cc1. The molecule has 0 saturated carbocycles. The van der Waals surface area contributed by atoms with Gasteiger partial charge in [0, 0.05) is 28.5 Å². The molecular weight excluding hydrogens is 239 g/mol. The Hall–Kier alpha value is -1.29. The Morgan fingerprint density at radius 1 is 1.29 bits per heavy atom. The summed E-state index contributed by atoms with van der Waals surface area (Å²) in [6.07, 6.45) is 1.82. The van der Waals surface area contributed by atoms with Gasteiger partial charge in [0.1, 0.15) is 5.82 Å². The first-order chi connectivity index (χ1) is 8.13. The summed E-state index contributed by atoms with van der Waals surface area (Å²) in [6.45, 7) is 3.43. The smallest absolute Gasteiger partial charge is 0.162 e. The van der Waals surface area contributed by atoms with Crippen LogP contribution in [0.4, 0.5) is 4.39 Å². The molecule has 2 nitrogen and oxygen atoms in total. The molecule has 0 aliphatic rings. The fourth-order valence-corrected chi connectivity index (χ4v) is 2.05. The Kier molecular flexibility index (Phi) is 5.77. The summed E-state index contributed by atoms with van der Waals surface area (Å²) in [4.78, 5) is 11.7. The number of halogens is 1. The molecule has 17 heavy (non-hydrogen) atoms. The molecule has 0 aliphatic heterocycles. The fourth-order valence-electron chi connectivity index (χ4n) is 1.39. The number of ketones is 1. The highest BCUT2D eigenvalue weighted by atomic mass is 32.2. The van der Waals surface area contributed by atoms with E-state index in [9.17, 15) is 13.4 Å². The number of hydrogen-bond donors (Lipinski definition) is 0. The highest BCUT2D eigenvalue weighted by molar-refractivity contribution is 7.87. The van der Waals surface area contributed by atoms with Crippen molar-refractivity contribution in [3.05, 3.63) is 47.6 Å². The summed E-state index contributed by atoms with van der Waals surface area (Å²) >= 11 is 0. The van der Waals surface area contributed by atoms with E-state index in [0.29, 0.717) is 24.2 Å². The number of unbranched alkanes of at least 4 members (excludes halogenated alkanes) is 1. The Bertz CT molecular complexity index is 412. The minimum Gasteiger partial charge on any atom is -0.294 e. The van der Waals surface area contributed by atoms with Gasteiger partial charge in [0.2, 0.25) is 0 Å². The Balaban J connectivity index is 2.32. The van der Waals surface area contributed by atoms with E-state index in [1.807, 2.05) is 0 Å². The molecule has 0 bridgehead atoms. The van der Waals surface area contributed by atoms with E-state index in [-0.39, 0.29) is 11.6 Å². The molecular formula is C13H15FO2S. The van der Waals surface area contributed by atoms with Gasteiger partial charge in [-0.25, -0.2) is 4.39 Å². The summed E-state index contributed by atoms with van der Waals surface area (Å²) in [6, 6.07) is 5.53. The van der Waals surface area contributed by atoms with Crippen LogP contribution in [0.3, 0.4) is 0 Å². The van der Waals surface area contributed by atoms with Gasteiger partial charge >= 0.3 is 0 Å². The molecule has 1 unspecified atom stereocenters. The van der Waals surface area contributed by atoms with Gasteiger partial charge in [-0.3, -0.25) is 9.00 Å². The van der Waals surface area contributed by atoms with Crippen LogP contribution in [0.5, 0.6) is 0 Å². The first-order valence-electron chi connectivity index (χ1n) is 5.42. The molecule has 1 rings (SSSR count). The van der Waals surface area contributed by atoms with Crippen LogP contribution in [-0.2, 0) is 10.8 Å². The maximum absolute atomic E-state index is 12.6. The van der Waals surface area contributed by atoms with E-state index in [0.717, 1.165) is 6.42 Å². The van der Waals surface area contributed by atoms with E-state index in [1.54, 1.807) is 0 Å². The third-order valence-electron chi connectivity index (χ3n) is 2.35. The molecule has 0 saturated heterocycles. The van der Waals surface area contributed by atoms with Crippen molar-refractivity contribution in [3.8, 4) is 0 Å². The molecule has 0 aliphatic carbocycles. The second-order valence-electron chi connectivity index (χ2n) is 3.64. The maximum atomic E-state index is 12.6. The lowest BCUT2D eigenvalue weighted by molar-refractivity contribution is 0.0980. The van der Waals surface area contributed by atoms with Crippen LogP contribution in [0.15, 0.2) is 36.3 Å². The molecule has 0 aromatic heterocycles. The van der Waals surface area contributed by atoms with Gasteiger partial charge in [0.15, 0.2) is 5.78 Å². The van der Waals surface area contributed by atoms with Gasteiger partial charge in [0.05, 0.1) is 0 Å². The molecule has 92 valence electrons. The highest BCUT2D eigenvalue weighted by Gasteiger charge is 2.05. The molecule has 0 amide bonds. The molecule has 1 atom stereocenters. The molecule has 0 radical (unpaired) electrons. The minimum absolute atomic E-state index is 0.00520. The van der Waals surface area contributed by atoms with Gasteiger partial charge in [-0.05, 0) is 42.5 Å². The lowest BCUT2D eigenvalue weighted by Gasteiger charge is -2.00. The van der Waals surface area contributed by atoms with Gasteiger partial charge in [-0.1, -0.05) is 6.58 Å². The van der Waals surface area contributed by atoms with Crippen LogP contribution in [0, 0.1) is 5.82 Å². The van der Waals surface area contributed by atoms with Crippen LogP contribution in [0.2, 0.25) is 0 Å². The second kappa shape index (κ2) is 7.12. The summed E-state index contributed by atoms with van der Waals surface area (Å²) < 4.78 is 23.7. The van der Waals surface area contributed by atoms with Crippen LogP contribution in [-0.4, -0.2) is 15.7 Å². The summed E-state index contributed by atoms with van der Waals surface area (Å²) in [7, 11) is -0.986. The summed E-state index contributed by atoms with van der Waals surface area (Å²) in [5, 5.41) is 1.40. The Morgan fingerprint density at radius 3 is 2.53 bits per heavy atom. The number of carbonyl (C=O) groups is 1. The third-order valence-corrected chi connectivity index (χ3v) is 3.41. The first-order valence-corrected chi connectivity index (χ1v) is 6.80.